The van der Waals surface area contributed by atoms with Gasteiger partial charge in [0.25, 0.3) is 5.91 Å². The van der Waals surface area contributed by atoms with Crippen molar-refractivity contribution in [1.29, 1.82) is 0 Å². The summed E-state index contributed by atoms with van der Waals surface area (Å²) in [5.41, 5.74) is 7.38. The molecular formula is C20H26N4O3. The summed E-state index contributed by atoms with van der Waals surface area (Å²) in [6.07, 6.45) is 4.80. The zero-order valence-electron chi connectivity index (χ0n) is 15.6. The third kappa shape index (κ3) is 4.54. The minimum absolute atomic E-state index is 0.00266. The average Bonchev–Trinajstić information content (AvgIpc) is 3.21. The first kappa shape index (κ1) is 19.1. The molecule has 2 aromatic rings. The number of furan rings is 1. The van der Waals surface area contributed by atoms with Crippen LogP contribution in [-0.2, 0) is 4.79 Å². The van der Waals surface area contributed by atoms with Crippen molar-refractivity contribution >= 4 is 11.8 Å². The molecule has 144 valence electrons. The number of hydrogen-bond acceptors (Lipinski definition) is 5. The van der Waals surface area contributed by atoms with Gasteiger partial charge >= 0.3 is 0 Å². The zero-order valence-corrected chi connectivity index (χ0v) is 15.6. The van der Waals surface area contributed by atoms with Crippen LogP contribution in [0.1, 0.15) is 41.7 Å². The van der Waals surface area contributed by atoms with E-state index in [-0.39, 0.29) is 17.9 Å². The summed E-state index contributed by atoms with van der Waals surface area (Å²) < 4.78 is 5.38. The van der Waals surface area contributed by atoms with Gasteiger partial charge in [0.2, 0.25) is 5.91 Å². The molecule has 3 N–H and O–H groups in total. The number of carbonyl (C=O) groups excluding carboxylic acids is 2. The lowest BCUT2D eigenvalue weighted by Crippen LogP contribution is -2.49. The molecule has 1 fully saturated rings. The number of hydrogen-bond donors (Lipinski definition) is 2. The molecule has 0 radical (unpaired) electrons. The summed E-state index contributed by atoms with van der Waals surface area (Å²) in [5.74, 6) is 0.565. The Kier molecular flexibility index (Phi) is 6.24. The number of likely N-dealkylation sites (tertiary alicyclic amines) is 1. The maximum absolute atomic E-state index is 13.1. The molecule has 1 aliphatic rings. The van der Waals surface area contributed by atoms with Crippen molar-refractivity contribution in [2.24, 2.45) is 5.73 Å². The number of aryl methyl sites for hydroxylation is 1. The molecular weight excluding hydrogens is 344 g/mol. The summed E-state index contributed by atoms with van der Waals surface area (Å²) in [7, 11) is 0. The highest BCUT2D eigenvalue weighted by Gasteiger charge is 2.29. The Hall–Kier alpha value is -2.67. The number of carbonyl (C=O) groups is 2. The van der Waals surface area contributed by atoms with Gasteiger partial charge in [-0.25, -0.2) is 4.98 Å². The van der Waals surface area contributed by atoms with E-state index >= 15 is 0 Å². The van der Waals surface area contributed by atoms with Gasteiger partial charge in [0.15, 0.2) is 5.76 Å². The predicted molar refractivity (Wildman–Crippen MR) is 102 cm³/mol. The quantitative estimate of drug-likeness (QED) is 0.811. The van der Waals surface area contributed by atoms with Crippen LogP contribution in [0.4, 0.5) is 0 Å². The first-order valence-corrected chi connectivity index (χ1v) is 9.39. The van der Waals surface area contributed by atoms with Crippen molar-refractivity contribution in [2.45, 2.75) is 38.6 Å². The largest absolute Gasteiger partial charge is 0.463 e. The van der Waals surface area contributed by atoms with E-state index in [0.717, 1.165) is 19.3 Å². The van der Waals surface area contributed by atoms with E-state index in [9.17, 15) is 9.59 Å². The Morgan fingerprint density at radius 3 is 2.89 bits per heavy atom. The zero-order chi connectivity index (χ0) is 19.2. The molecule has 7 heteroatoms. The monoisotopic (exact) mass is 370 g/mol. The van der Waals surface area contributed by atoms with E-state index in [1.807, 2.05) is 24.0 Å². The maximum Gasteiger partial charge on any atom is 0.256 e. The van der Waals surface area contributed by atoms with Crippen LogP contribution in [-0.4, -0.2) is 47.4 Å². The molecule has 1 atom stereocenters. The first-order valence-electron chi connectivity index (χ1n) is 9.39. The Morgan fingerprint density at radius 1 is 1.33 bits per heavy atom. The summed E-state index contributed by atoms with van der Waals surface area (Å²) in [5, 5.41) is 2.89. The second kappa shape index (κ2) is 8.81. The summed E-state index contributed by atoms with van der Waals surface area (Å²) in [4.78, 5) is 31.2. The molecule has 2 amide bonds. The van der Waals surface area contributed by atoms with E-state index < -0.39 is 0 Å². The third-order valence-corrected chi connectivity index (χ3v) is 4.88. The molecule has 0 spiro atoms. The van der Waals surface area contributed by atoms with Crippen molar-refractivity contribution in [3.05, 3.63) is 41.8 Å². The van der Waals surface area contributed by atoms with Gasteiger partial charge in [-0.15, -0.1) is 0 Å². The highest BCUT2D eigenvalue weighted by molar-refractivity contribution is 5.95. The fourth-order valence-electron chi connectivity index (χ4n) is 3.43. The Bertz CT molecular complexity index is 789. The lowest BCUT2D eigenvalue weighted by molar-refractivity contribution is -0.121. The van der Waals surface area contributed by atoms with Crippen LogP contribution in [0.5, 0.6) is 0 Å². The number of aromatic nitrogens is 1. The number of pyridine rings is 1. The number of amides is 2. The normalized spacial score (nSPS) is 17.0. The van der Waals surface area contributed by atoms with Crippen LogP contribution in [0.3, 0.4) is 0 Å². The van der Waals surface area contributed by atoms with Crippen LogP contribution in [0.25, 0.3) is 11.5 Å². The van der Waals surface area contributed by atoms with E-state index in [0.29, 0.717) is 48.8 Å². The van der Waals surface area contributed by atoms with E-state index in [1.54, 1.807) is 18.4 Å². The summed E-state index contributed by atoms with van der Waals surface area (Å²) in [6.45, 7) is 3.31. The fraction of sp³-hybridized carbons (Fsp3) is 0.450. The molecule has 1 unspecified atom stereocenters. The van der Waals surface area contributed by atoms with Gasteiger partial charge < -0.3 is 20.4 Å². The molecule has 1 saturated heterocycles. The van der Waals surface area contributed by atoms with Crippen molar-refractivity contribution in [3.8, 4) is 11.5 Å². The van der Waals surface area contributed by atoms with Crippen molar-refractivity contribution in [2.75, 3.05) is 19.6 Å². The van der Waals surface area contributed by atoms with Gasteiger partial charge in [-0.2, -0.15) is 0 Å². The van der Waals surface area contributed by atoms with Gasteiger partial charge in [0.1, 0.15) is 5.69 Å². The smallest absolute Gasteiger partial charge is 0.256 e. The van der Waals surface area contributed by atoms with Crippen LogP contribution in [0, 0.1) is 6.92 Å². The van der Waals surface area contributed by atoms with Gasteiger partial charge in [-0.05, 0) is 50.5 Å². The lowest BCUT2D eigenvalue weighted by atomic mass is 10.00. The predicted octanol–water partition coefficient (Wildman–Crippen LogP) is 2.11. The molecule has 0 aromatic carbocycles. The maximum atomic E-state index is 13.1. The molecule has 3 heterocycles. The number of nitrogens with one attached hydrogen (secondary N) is 1. The van der Waals surface area contributed by atoms with Crippen LogP contribution in [0.2, 0.25) is 0 Å². The molecule has 7 nitrogen and oxygen atoms in total. The van der Waals surface area contributed by atoms with Crippen molar-refractivity contribution < 1.29 is 14.0 Å². The van der Waals surface area contributed by atoms with E-state index in [1.165, 1.54) is 0 Å². The van der Waals surface area contributed by atoms with Gasteiger partial charge in [-0.3, -0.25) is 9.59 Å². The lowest BCUT2D eigenvalue weighted by Gasteiger charge is -2.36. The molecule has 27 heavy (non-hydrogen) atoms. The van der Waals surface area contributed by atoms with Crippen molar-refractivity contribution in [3.63, 3.8) is 0 Å². The SMILES string of the molecule is Cc1nc(-c2ccco2)ccc1C(=O)N1CCCCC1CNC(=O)CCN. The minimum atomic E-state index is -0.0730. The van der Waals surface area contributed by atoms with Gasteiger partial charge in [0, 0.05) is 32.1 Å². The van der Waals surface area contributed by atoms with Gasteiger partial charge in [0.05, 0.1) is 17.5 Å². The Labute approximate surface area is 158 Å². The van der Waals surface area contributed by atoms with Crippen molar-refractivity contribution in [1.82, 2.24) is 15.2 Å². The number of piperidine rings is 1. The van der Waals surface area contributed by atoms with E-state index in [4.69, 9.17) is 10.2 Å². The minimum Gasteiger partial charge on any atom is -0.463 e. The molecule has 0 aliphatic carbocycles. The highest BCUT2D eigenvalue weighted by atomic mass is 16.3. The second-order valence-electron chi connectivity index (χ2n) is 6.80. The number of rotatable bonds is 6. The topological polar surface area (TPSA) is 101 Å². The fourth-order valence-corrected chi connectivity index (χ4v) is 3.43. The van der Waals surface area contributed by atoms with Crippen LogP contribution < -0.4 is 11.1 Å². The third-order valence-electron chi connectivity index (χ3n) is 4.88. The van der Waals surface area contributed by atoms with Gasteiger partial charge in [-0.1, -0.05) is 0 Å². The number of nitrogens with two attached hydrogens (primary N) is 1. The van der Waals surface area contributed by atoms with Crippen LogP contribution in [0.15, 0.2) is 34.9 Å². The standard InChI is InChI=1S/C20H26N4O3/c1-14-16(7-8-17(23-14)18-6-4-12-27-18)20(26)24-11-3-2-5-15(24)13-22-19(25)9-10-21/h4,6-8,12,15H,2-3,5,9-11,13,21H2,1H3,(H,22,25). The molecule has 3 rings (SSSR count). The van der Waals surface area contributed by atoms with E-state index in [2.05, 4.69) is 10.3 Å². The second-order valence-corrected chi connectivity index (χ2v) is 6.80. The molecule has 2 aromatic heterocycles. The molecule has 0 bridgehead atoms. The molecule has 1 aliphatic heterocycles. The first-order chi connectivity index (χ1) is 13.1. The number of nitrogens with zero attached hydrogens (tertiary/aromatic N) is 2. The van der Waals surface area contributed by atoms with Crippen LogP contribution >= 0.6 is 0 Å². The average molecular weight is 370 g/mol. The Morgan fingerprint density at radius 2 is 2.19 bits per heavy atom. The highest BCUT2D eigenvalue weighted by Crippen LogP contribution is 2.23. The Balaban J connectivity index is 1.73. The molecule has 0 saturated carbocycles. The summed E-state index contributed by atoms with van der Waals surface area (Å²) >= 11 is 0. The summed E-state index contributed by atoms with van der Waals surface area (Å²) in [6, 6.07) is 7.26.